The Morgan fingerprint density at radius 1 is 1.29 bits per heavy atom. The van der Waals surface area contributed by atoms with Gasteiger partial charge in [-0.05, 0) is 60.8 Å². The molecule has 3 rings (SSSR count). The third-order valence-corrected chi connectivity index (χ3v) is 4.58. The van der Waals surface area contributed by atoms with Crippen molar-refractivity contribution >= 4 is 21.6 Å². The molecular formula is C14H19BrN2. The standard InChI is InChI=1S/C14H19BrN2/c15-12-5-10(6-13(16)7-12)8-17-9-14(3-4-14)11-1-2-11/h5-7,11,17H,1-4,8-9,16H2. The lowest BCUT2D eigenvalue weighted by Crippen LogP contribution is -2.25. The molecule has 0 bridgehead atoms. The summed E-state index contributed by atoms with van der Waals surface area (Å²) in [6.07, 6.45) is 5.80. The molecule has 2 fully saturated rings. The van der Waals surface area contributed by atoms with Gasteiger partial charge in [-0.3, -0.25) is 0 Å². The molecule has 0 aliphatic heterocycles. The number of nitrogens with one attached hydrogen (secondary N) is 1. The molecule has 3 heteroatoms. The van der Waals surface area contributed by atoms with Gasteiger partial charge in [0.25, 0.3) is 0 Å². The average Bonchev–Trinajstić information content (AvgIpc) is 3.11. The second-order valence-electron chi connectivity index (χ2n) is 5.63. The van der Waals surface area contributed by atoms with Gasteiger partial charge in [0.1, 0.15) is 0 Å². The van der Waals surface area contributed by atoms with Crippen molar-refractivity contribution < 1.29 is 0 Å². The molecule has 1 aromatic rings. The quantitative estimate of drug-likeness (QED) is 0.818. The predicted octanol–water partition coefficient (Wildman–Crippen LogP) is 3.31. The monoisotopic (exact) mass is 294 g/mol. The molecule has 2 nitrogen and oxygen atoms in total. The number of hydrogen-bond donors (Lipinski definition) is 2. The highest BCUT2D eigenvalue weighted by atomic mass is 79.9. The Kier molecular flexibility index (Phi) is 2.91. The van der Waals surface area contributed by atoms with Crippen molar-refractivity contribution in [2.45, 2.75) is 32.2 Å². The van der Waals surface area contributed by atoms with Crippen LogP contribution in [0.4, 0.5) is 5.69 Å². The predicted molar refractivity (Wildman–Crippen MR) is 74.7 cm³/mol. The van der Waals surface area contributed by atoms with Crippen LogP contribution in [0.1, 0.15) is 31.2 Å². The summed E-state index contributed by atoms with van der Waals surface area (Å²) in [6, 6.07) is 6.13. The van der Waals surface area contributed by atoms with Gasteiger partial charge in [0.2, 0.25) is 0 Å². The molecule has 0 heterocycles. The van der Waals surface area contributed by atoms with Gasteiger partial charge in [-0.2, -0.15) is 0 Å². The fraction of sp³-hybridized carbons (Fsp3) is 0.571. The van der Waals surface area contributed by atoms with Crippen molar-refractivity contribution in [1.82, 2.24) is 5.32 Å². The number of benzene rings is 1. The van der Waals surface area contributed by atoms with Crippen LogP contribution in [0, 0.1) is 11.3 Å². The van der Waals surface area contributed by atoms with E-state index in [9.17, 15) is 0 Å². The summed E-state index contributed by atoms with van der Waals surface area (Å²) in [5.74, 6) is 1.03. The molecule has 0 saturated heterocycles. The van der Waals surface area contributed by atoms with Gasteiger partial charge in [-0.1, -0.05) is 15.9 Å². The first-order valence-corrected chi connectivity index (χ1v) is 7.23. The van der Waals surface area contributed by atoms with E-state index < -0.39 is 0 Å². The molecule has 92 valence electrons. The Balaban J connectivity index is 1.53. The van der Waals surface area contributed by atoms with E-state index in [1.165, 1.54) is 37.8 Å². The van der Waals surface area contributed by atoms with E-state index in [0.717, 1.165) is 22.6 Å². The van der Waals surface area contributed by atoms with Crippen molar-refractivity contribution in [3.8, 4) is 0 Å². The third-order valence-electron chi connectivity index (χ3n) is 4.12. The SMILES string of the molecule is Nc1cc(Br)cc(CNCC2(C3CC3)CC2)c1. The Morgan fingerprint density at radius 2 is 2.06 bits per heavy atom. The Hall–Kier alpha value is -0.540. The number of rotatable bonds is 5. The molecule has 2 aliphatic rings. The van der Waals surface area contributed by atoms with Gasteiger partial charge in [0.05, 0.1) is 0 Å². The molecular weight excluding hydrogens is 276 g/mol. The lowest BCUT2D eigenvalue weighted by Gasteiger charge is -2.15. The molecule has 0 radical (unpaired) electrons. The number of anilines is 1. The lowest BCUT2D eigenvalue weighted by atomic mass is 10.0. The molecule has 1 aromatic carbocycles. The Bertz CT molecular complexity index is 402. The minimum Gasteiger partial charge on any atom is -0.399 e. The van der Waals surface area contributed by atoms with Gasteiger partial charge >= 0.3 is 0 Å². The summed E-state index contributed by atoms with van der Waals surface area (Å²) in [5, 5.41) is 3.60. The van der Waals surface area contributed by atoms with Crippen LogP contribution >= 0.6 is 15.9 Å². The second kappa shape index (κ2) is 4.29. The van der Waals surface area contributed by atoms with Gasteiger partial charge in [0, 0.05) is 23.2 Å². The van der Waals surface area contributed by atoms with Crippen LogP contribution in [0.25, 0.3) is 0 Å². The van der Waals surface area contributed by atoms with Crippen LogP contribution in [-0.2, 0) is 6.54 Å². The van der Waals surface area contributed by atoms with Crippen molar-refractivity contribution in [2.75, 3.05) is 12.3 Å². The molecule has 2 aliphatic carbocycles. The smallest absolute Gasteiger partial charge is 0.0328 e. The molecule has 3 N–H and O–H groups in total. The Morgan fingerprint density at radius 3 is 2.65 bits per heavy atom. The van der Waals surface area contributed by atoms with E-state index >= 15 is 0 Å². The summed E-state index contributed by atoms with van der Waals surface area (Å²) in [5.41, 5.74) is 8.61. The zero-order valence-electron chi connectivity index (χ0n) is 10.0. The fourth-order valence-corrected chi connectivity index (χ4v) is 3.38. The van der Waals surface area contributed by atoms with Crippen LogP contribution in [0.3, 0.4) is 0 Å². The number of halogens is 1. The van der Waals surface area contributed by atoms with Crippen LogP contribution in [0.2, 0.25) is 0 Å². The maximum atomic E-state index is 5.83. The largest absolute Gasteiger partial charge is 0.399 e. The first-order valence-electron chi connectivity index (χ1n) is 6.44. The van der Waals surface area contributed by atoms with Crippen molar-refractivity contribution in [3.05, 3.63) is 28.2 Å². The van der Waals surface area contributed by atoms with Crippen molar-refractivity contribution in [1.29, 1.82) is 0 Å². The van der Waals surface area contributed by atoms with Crippen LogP contribution in [-0.4, -0.2) is 6.54 Å². The third kappa shape index (κ3) is 2.66. The molecule has 2 saturated carbocycles. The fourth-order valence-electron chi connectivity index (χ4n) is 2.82. The minimum absolute atomic E-state index is 0.678. The molecule has 0 amide bonds. The Labute approximate surface area is 111 Å². The van der Waals surface area contributed by atoms with Gasteiger partial charge in [-0.15, -0.1) is 0 Å². The maximum absolute atomic E-state index is 5.83. The minimum atomic E-state index is 0.678. The number of nitrogen functional groups attached to an aromatic ring is 1. The zero-order valence-corrected chi connectivity index (χ0v) is 11.6. The molecule has 17 heavy (non-hydrogen) atoms. The molecule has 0 atom stereocenters. The first kappa shape index (κ1) is 11.5. The second-order valence-corrected chi connectivity index (χ2v) is 6.55. The summed E-state index contributed by atoms with van der Waals surface area (Å²) < 4.78 is 1.07. The maximum Gasteiger partial charge on any atom is 0.0328 e. The summed E-state index contributed by atoms with van der Waals surface area (Å²) >= 11 is 3.48. The normalized spacial score (nSPS) is 21.5. The van der Waals surface area contributed by atoms with E-state index in [0.29, 0.717) is 5.41 Å². The van der Waals surface area contributed by atoms with Crippen LogP contribution in [0.15, 0.2) is 22.7 Å². The zero-order chi connectivity index (χ0) is 11.9. The van der Waals surface area contributed by atoms with E-state index in [4.69, 9.17) is 5.73 Å². The van der Waals surface area contributed by atoms with Gasteiger partial charge < -0.3 is 11.1 Å². The van der Waals surface area contributed by atoms with Crippen molar-refractivity contribution in [3.63, 3.8) is 0 Å². The van der Waals surface area contributed by atoms with E-state index in [1.54, 1.807) is 0 Å². The van der Waals surface area contributed by atoms with Gasteiger partial charge in [0.15, 0.2) is 0 Å². The highest BCUT2D eigenvalue weighted by molar-refractivity contribution is 9.10. The highest BCUT2D eigenvalue weighted by Gasteiger charge is 2.53. The topological polar surface area (TPSA) is 38.0 Å². The summed E-state index contributed by atoms with van der Waals surface area (Å²) in [7, 11) is 0. The van der Waals surface area contributed by atoms with Crippen LogP contribution in [0.5, 0.6) is 0 Å². The lowest BCUT2D eigenvalue weighted by molar-refractivity contribution is 0.403. The molecule has 0 unspecified atom stereocenters. The number of nitrogens with two attached hydrogens (primary N) is 1. The van der Waals surface area contributed by atoms with Crippen molar-refractivity contribution in [2.24, 2.45) is 11.3 Å². The highest BCUT2D eigenvalue weighted by Crippen LogP contribution is 2.60. The van der Waals surface area contributed by atoms with E-state index in [2.05, 4.69) is 33.4 Å². The van der Waals surface area contributed by atoms with Crippen LogP contribution < -0.4 is 11.1 Å². The van der Waals surface area contributed by atoms with E-state index in [1.807, 2.05) is 6.07 Å². The number of hydrogen-bond acceptors (Lipinski definition) is 2. The van der Waals surface area contributed by atoms with E-state index in [-0.39, 0.29) is 0 Å². The average molecular weight is 295 g/mol. The molecule has 0 aromatic heterocycles. The first-order chi connectivity index (χ1) is 8.18. The van der Waals surface area contributed by atoms with Gasteiger partial charge in [-0.25, -0.2) is 0 Å². The molecule has 0 spiro atoms. The summed E-state index contributed by atoms with van der Waals surface area (Å²) in [4.78, 5) is 0. The summed E-state index contributed by atoms with van der Waals surface area (Å²) in [6.45, 7) is 2.11.